The van der Waals surface area contributed by atoms with E-state index >= 15 is 0 Å². The molecule has 0 atom stereocenters. The number of nitrogens with zero attached hydrogens (tertiary/aromatic N) is 4. The van der Waals surface area contributed by atoms with Gasteiger partial charge in [-0.25, -0.2) is 0 Å². The van der Waals surface area contributed by atoms with E-state index in [2.05, 4.69) is 22.1 Å². The van der Waals surface area contributed by atoms with Gasteiger partial charge in [0.15, 0.2) is 0 Å². The molecule has 19 heavy (non-hydrogen) atoms. The summed E-state index contributed by atoms with van der Waals surface area (Å²) < 4.78 is 4.97. The van der Waals surface area contributed by atoms with Crippen molar-refractivity contribution < 1.29 is 4.52 Å². The number of hydrogen-bond acceptors (Lipinski definition) is 5. The number of rotatable bonds is 3. The van der Waals surface area contributed by atoms with Gasteiger partial charge in [0.25, 0.3) is 5.88 Å². The zero-order valence-electron chi connectivity index (χ0n) is 11.4. The van der Waals surface area contributed by atoms with Crippen LogP contribution in [-0.4, -0.2) is 59.9 Å². The van der Waals surface area contributed by atoms with Gasteiger partial charge in [-0.1, -0.05) is 5.16 Å². The lowest BCUT2D eigenvalue weighted by atomic mass is 10.2. The first-order valence-corrected chi connectivity index (χ1v) is 6.32. The van der Waals surface area contributed by atoms with Crippen LogP contribution in [0.1, 0.15) is 12.1 Å². The number of hydrogen-bond donors (Lipinski definition) is 2. The molecule has 1 aromatic rings. The molecular formula is C12H20N6O. The Morgan fingerprint density at radius 2 is 2.16 bits per heavy atom. The zero-order chi connectivity index (χ0) is 13.8. The van der Waals surface area contributed by atoms with E-state index in [0.29, 0.717) is 24.0 Å². The molecule has 104 valence electrons. The van der Waals surface area contributed by atoms with E-state index in [1.807, 2.05) is 11.8 Å². The summed E-state index contributed by atoms with van der Waals surface area (Å²) in [6, 6.07) is 1.71. The van der Waals surface area contributed by atoms with Crippen LogP contribution in [0.3, 0.4) is 0 Å². The summed E-state index contributed by atoms with van der Waals surface area (Å²) in [4.78, 5) is 8.40. The number of amidine groups is 2. The lowest BCUT2D eigenvalue weighted by Gasteiger charge is -2.34. The molecule has 0 spiro atoms. The molecule has 0 aliphatic carbocycles. The second-order valence-electron chi connectivity index (χ2n) is 4.82. The molecule has 2 rings (SSSR count). The van der Waals surface area contributed by atoms with Crippen LogP contribution in [0.5, 0.6) is 0 Å². The lowest BCUT2D eigenvalue weighted by Crippen LogP contribution is -2.47. The number of aromatic nitrogens is 1. The highest BCUT2D eigenvalue weighted by Gasteiger charge is 2.17. The zero-order valence-corrected chi connectivity index (χ0v) is 11.4. The van der Waals surface area contributed by atoms with E-state index in [4.69, 9.17) is 15.7 Å². The van der Waals surface area contributed by atoms with Crippen LogP contribution in [-0.2, 0) is 0 Å². The average molecular weight is 264 g/mol. The van der Waals surface area contributed by atoms with Gasteiger partial charge < -0.3 is 20.1 Å². The Kier molecular flexibility index (Phi) is 4.16. The van der Waals surface area contributed by atoms with Crippen LogP contribution in [0.25, 0.3) is 0 Å². The molecular weight excluding hydrogens is 244 g/mol. The quantitative estimate of drug-likeness (QED) is 0.615. The molecule has 0 bridgehead atoms. The average Bonchev–Trinajstić information content (AvgIpc) is 2.75. The van der Waals surface area contributed by atoms with Crippen molar-refractivity contribution in [3.8, 4) is 0 Å². The van der Waals surface area contributed by atoms with Crippen molar-refractivity contribution >= 4 is 17.6 Å². The summed E-state index contributed by atoms with van der Waals surface area (Å²) in [5, 5.41) is 11.8. The molecule has 0 radical (unpaired) electrons. The molecule has 0 amide bonds. The van der Waals surface area contributed by atoms with E-state index in [1.54, 1.807) is 6.07 Å². The van der Waals surface area contributed by atoms with Crippen molar-refractivity contribution in [2.45, 2.75) is 13.3 Å². The summed E-state index contributed by atoms with van der Waals surface area (Å²) in [5.41, 5.74) is 6.60. The Labute approximate surface area is 112 Å². The minimum atomic E-state index is 0.337. The maximum Gasteiger partial charge on any atom is 0.252 e. The Balaban J connectivity index is 1.89. The third-order valence-corrected chi connectivity index (χ3v) is 3.10. The van der Waals surface area contributed by atoms with Gasteiger partial charge in [0, 0.05) is 32.2 Å². The second-order valence-corrected chi connectivity index (χ2v) is 4.82. The van der Waals surface area contributed by atoms with E-state index < -0.39 is 0 Å². The van der Waals surface area contributed by atoms with E-state index in [0.717, 1.165) is 31.9 Å². The van der Waals surface area contributed by atoms with Gasteiger partial charge in [0.2, 0.25) is 0 Å². The number of nitrogens with two attached hydrogens (primary N) is 1. The van der Waals surface area contributed by atoms with Gasteiger partial charge in [0.1, 0.15) is 11.7 Å². The topological polar surface area (TPSA) is 94.7 Å². The number of aliphatic imine (C=N–C) groups is 1. The Bertz CT molecular complexity index is 472. The monoisotopic (exact) mass is 264 g/mol. The molecule has 0 unspecified atom stereocenters. The number of piperazine rings is 1. The van der Waals surface area contributed by atoms with Crippen molar-refractivity contribution in [2.24, 2.45) is 10.7 Å². The maximum absolute atomic E-state index is 8.05. The van der Waals surface area contributed by atoms with Crippen molar-refractivity contribution in [1.82, 2.24) is 15.0 Å². The molecule has 7 nitrogen and oxygen atoms in total. The van der Waals surface area contributed by atoms with Crippen LogP contribution >= 0.6 is 0 Å². The van der Waals surface area contributed by atoms with Crippen molar-refractivity contribution in [3.05, 3.63) is 11.8 Å². The standard InChI is InChI=1S/C12H20N6O/c1-9-7-12(19-16-9)15-10(13)8-11(14)18-5-3-17(2)4-6-18/h7,14H,3-6,8H2,1-2H3,(H2,13,15). The van der Waals surface area contributed by atoms with E-state index in [9.17, 15) is 0 Å². The first kappa shape index (κ1) is 13.5. The summed E-state index contributed by atoms with van der Waals surface area (Å²) in [5.74, 6) is 1.27. The van der Waals surface area contributed by atoms with Gasteiger partial charge in [-0.15, -0.1) is 0 Å². The Morgan fingerprint density at radius 1 is 1.47 bits per heavy atom. The fourth-order valence-electron chi connectivity index (χ4n) is 1.94. The predicted octanol–water partition coefficient (Wildman–Crippen LogP) is 0.586. The van der Waals surface area contributed by atoms with Gasteiger partial charge in [-0.05, 0) is 14.0 Å². The van der Waals surface area contributed by atoms with E-state index in [1.165, 1.54) is 0 Å². The largest absolute Gasteiger partial charge is 0.387 e. The van der Waals surface area contributed by atoms with E-state index in [-0.39, 0.29) is 0 Å². The molecule has 1 fully saturated rings. The first-order valence-electron chi connectivity index (χ1n) is 6.32. The summed E-state index contributed by atoms with van der Waals surface area (Å²) in [6.45, 7) is 5.50. The minimum Gasteiger partial charge on any atom is -0.387 e. The second kappa shape index (κ2) is 5.83. The van der Waals surface area contributed by atoms with Crippen LogP contribution in [0, 0.1) is 12.3 Å². The molecule has 1 aliphatic rings. The fourth-order valence-corrected chi connectivity index (χ4v) is 1.94. The SMILES string of the molecule is Cc1cc(N=C(N)CC(=N)N2CCN(C)CC2)on1. The lowest BCUT2D eigenvalue weighted by molar-refractivity contribution is 0.213. The summed E-state index contributed by atoms with van der Waals surface area (Å²) in [7, 11) is 2.09. The van der Waals surface area contributed by atoms with Crippen molar-refractivity contribution in [3.63, 3.8) is 0 Å². The molecule has 2 heterocycles. The van der Waals surface area contributed by atoms with Gasteiger partial charge in [-0.2, -0.15) is 4.99 Å². The molecule has 1 saturated heterocycles. The van der Waals surface area contributed by atoms with Crippen LogP contribution in [0.15, 0.2) is 15.6 Å². The molecule has 1 aliphatic heterocycles. The van der Waals surface area contributed by atoms with Gasteiger partial charge >= 0.3 is 0 Å². The van der Waals surface area contributed by atoms with Gasteiger partial charge in [-0.3, -0.25) is 5.41 Å². The molecule has 3 N–H and O–H groups in total. The van der Waals surface area contributed by atoms with Crippen molar-refractivity contribution in [2.75, 3.05) is 33.2 Å². The van der Waals surface area contributed by atoms with Crippen LogP contribution in [0.2, 0.25) is 0 Å². The smallest absolute Gasteiger partial charge is 0.252 e. The maximum atomic E-state index is 8.05. The summed E-state index contributed by atoms with van der Waals surface area (Å²) >= 11 is 0. The first-order chi connectivity index (χ1) is 9.04. The highest BCUT2D eigenvalue weighted by Crippen LogP contribution is 2.13. The molecule has 0 saturated carbocycles. The number of likely N-dealkylation sites (N-methyl/N-ethyl adjacent to an activating group) is 1. The fraction of sp³-hybridized carbons (Fsp3) is 0.583. The number of aryl methyl sites for hydroxylation is 1. The highest BCUT2D eigenvalue weighted by molar-refractivity contribution is 6.01. The molecule has 7 heteroatoms. The minimum absolute atomic E-state index is 0.337. The van der Waals surface area contributed by atoms with Gasteiger partial charge in [0.05, 0.1) is 12.1 Å². The van der Waals surface area contributed by atoms with Crippen molar-refractivity contribution in [1.29, 1.82) is 5.41 Å². The highest BCUT2D eigenvalue weighted by atomic mass is 16.5. The normalized spacial score (nSPS) is 17.8. The van der Waals surface area contributed by atoms with Crippen LogP contribution in [0.4, 0.5) is 5.88 Å². The summed E-state index contributed by atoms with van der Waals surface area (Å²) in [6.07, 6.45) is 0.337. The number of nitrogens with one attached hydrogen (secondary N) is 1. The molecule has 1 aromatic heterocycles. The predicted molar refractivity (Wildman–Crippen MR) is 73.9 cm³/mol. The third kappa shape index (κ3) is 3.78. The molecule has 0 aromatic carbocycles. The third-order valence-electron chi connectivity index (χ3n) is 3.10. The van der Waals surface area contributed by atoms with Crippen LogP contribution < -0.4 is 5.73 Å². The Hall–Kier alpha value is -1.89. The Morgan fingerprint density at radius 3 is 2.74 bits per heavy atom.